The van der Waals surface area contributed by atoms with E-state index in [1.165, 1.54) is 6.07 Å². The lowest BCUT2D eigenvalue weighted by atomic mass is 10.2. The number of methoxy groups -OCH3 is 1. The maximum absolute atomic E-state index is 14.1. The number of halogens is 1. The molecule has 2 aromatic rings. The third kappa shape index (κ3) is 3.65. The zero-order chi connectivity index (χ0) is 16.9. The predicted molar refractivity (Wildman–Crippen MR) is 90.4 cm³/mol. The summed E-state index contributed by atoms with van der Waals surface area (Å²) in [5.74, 6) is -0.170. The lowest BCUT2D eigenvalue weighted by Crippen LogP contribution is -2.36. The highest BCUT2D eigenvalue weighted by molar-refractivity contribution is 6.04. The number of amides is 1. The van der Waals surface area contributed by atoms with Crippen LogP contribution >= 0.6 is 0 Å². The lowest BCUT2D eigenvalue weighted by molar-refractivity contribution is 0.102. The van der Waals surface area contributed by atoms with Gasteiger partial charge in [-0.25, -0.2) is 4.39 Å². The molecule has 0 unspecified atom stereocenters. The first-order valence-electron chi connectivity index (χ1n) is 7.75. The van der Waals surface area contributed by atoms with Gasteiger partial charge in [0.05, 0.1) is 26.0 Å². The van der Waals surface area contributed by atoms with Crippen molar-refractivity contribution in [3.05, 3.63) is 53.8 Å². The van der Waals surface area contributed by atoms with Gasteiger partial charge in [-0.3, -0.25) is 4.79 Å². The molecule has 1 fully saturated rings. The molecule has 126 valence electrons. The van der Waals surface area contributed by atoms with E-state index in [0.717, 1.165) is 18.8 Å². The van der Waals surface area contributed by atoms with Crippen LogP contribution < -0.4 is 15.0 Å². The third-order valence-corrected chi connectivity index (χ3v) is 3.93. The average Bonchev–Trinajstić information content (AvgIpc) is 2.64. The summed E-state index contributed by atoms with van der Waals surface area (Å²) < 4.78 is 24.4. The van der Waals surface area contributed by atoms with Gasteiger partial charge in [0.15, 0.2) is 0 Å². The van der Waals surface area contributed by atoms with Crippen molar-refractivity contribution in [2.24, 2.45) is 0 Å². The highest BCUT2D eigenvalue weighted by Gasteiger charge is 2.15. The van der Waals surface area contributed by atoms with Crippen molar-refractivity contribution in [1.82, 2.24) is 0 Å². The molecular formula is C18H19FN2O3. The molecule has 24 heavy (non-hydrogen) atoms. The highest BCUT2D eigenvalue weighted by Crippen LogP contribution is 2.24. The van der Waals surface area contributed by atoms with Crippen LogP contribution in [0.25, 0.3) is 0 Å². The minimum absolute atomic E-state index is 0.166. The summed E-state index contributed by atoms with van der Waals surface area (Å²) in [6.45, 7) is 2.78. The van der Waals surface area contributed by atoms with E-state index in [9.17, 15) is 9.18 Å². The van der Waals surface area contributed by atoms with Crippen LogP contribution in [-0.4, -0.2) is 39.3 Å². The Balaban J connectivity index is 1.76. The van der Waals surface area contributed by atoms with Crippen LogP contribution in [0.15, 0.2) is 42.5 Å². The predicted octanol–water partition coefficient (Wildman–Crippen LogP) is 2.92. The molecule has 1 aliphatic heterocycles. The Hall–Kier alpha value is -2.60. The molecule has 1 aliphatic rings. The average molecular weight is 330 g/mol. The van der Waals surface area contributed by atoms with Gasteiger partial charge in [-0.15, -0.1) is 0 Å². The van der Waals surface area contributed by atoms with Crippen molar-refractivity contribution in [2.75, 3.05) is 43.6 Å². The summed E-state index contributed by atoms with van der Waals surface area (Å²) in [6.07, 6.45) is 0. The largest absolute Gasteiger partial charge is 0.497 e. The molecule has 5 nitrogen and oxygen atoms in total. The Morgan fingerprint density at radius 3 is 2.54 bits per heavy atom. The normalized spacial score (nSPS) is 14.3. The molecule has 0 bridgehead atoms. The Bertz CT molecular complexity index is 713. The van der Waals surface area contributed by atoms with Crippen LogP contribution in [0.4, 0.5) is 15.8 Å². The molecule has 2 aromatic carbocycles. The Labute approximate surface area is 140 Å². The van der Waals surface area contributed by atoms with E-state index in [-0.39, 0.29) is 11.6 Å². The van der Waals surface area contributed by atoms with E-state index in [2.05, 4.69) is 10.2 Å². The number of nitrogens with zero attached hydrogens (tertiary/aromatic N) is 1. The van der Waals surface area contributed by atoms with Gasteiger partial charge in [-0.05, 0) is 42.5 Å². The van der Waals surface area contributed by atoms with E-state index in [1.54, 1.807) is 43.5 Å². The SMILES string of the molecule is COc1ccc(C(=O)Nc2cc(N3CCOCC3)ccc2F)cc1. The first-order valence-corrected chi connectivity index (χ1v) is 7.75. The Morgan fingerprint density at radius 1 is 1.17 bits per heavy atom. The second-order valence-corrected chi connectivity index (χ2v) is 5.45. The number of benzene rings is 2. The van der Waals surface area contributed by atoms with Crippen LogP contribution in [-0.2, 0) is 4.74 Å². The van der Waals surface area contributed by atoms with Crippen LogP contribution in [0, 0.1) is 5.82 Å². The zero-order valence-corrected chi connectivity index (χ0v) is 13.4. The Morgan fingerprint density at radius 2 is 1.88 bits per heavy atom. The minimum Gasteiger partial charge on any atom is -0.497 e. The van der Waals surface area contributed by atoms with Crippen LogP contribution in [0.2, 0.25) is 0 Å². The molecule has 0 atom stereocenters. The van der Waals surface area contributed by atoms with Gasteiger partial charge in [0, 0.05) is 24.3 Å². The molecule has 6 heteroatoms. The van der Waals surface area contributed by atoms with E-state index < -0.39 is 5.82 Å². The minimum atomic E-state index is -0.464. The molecule has 1 heterocycles. The van der Waals surface area contributed by atoms with Crippen LogP contribution in [0.5, 0.6) is 5.75 Å². The number of morpholine rings is 1. The van der Waals surface area contributed by atoms with Crippen molar-refractivity contribution in [1.29, 1.82) is 0 Å². The summed E-state index contributed by atoms with van der Waals surface area (Å²) in [5, 5.41) is 2.63. The van der Waals surface area contributed by atoms with Crippen LogP contribution in [0.3, 0.4) is 0 Å². The molecular weight excluding hydrogens is 311 g/mol. The van der Waals surface area contributed by atoms with Gasteiger partial charge < -0.3 is 19.7 Å². The van der Waals surface area contributed by atoms with E-state index in [4.69, 9.17) is 9.47 Å². The number of ether oxygens (including phenoxy) is 2. The molecule has 3 rings (SSSR count). The number of rotatable bonds is 4. The van der Waals surface area contributed by atoms with Gasteiger partial charge in [0.2, 0.25) is 0 Å². The lowest BCUT2D eigenvalue weighted by Gasteiger charge is -2.29. The first kappa shape index (κ1) is 16.3. The maximum Gasteiger partial charge on any atom is 0.255 e. The fraction of sp³-hybridized carbons (Fsp3) is 0.278. The van der Waals surface area contributed by atoms with Gasteiger partial charge >= 0.3 is 0 Å². The van der Waals surface area contributed by atoms with Gasteiger partial charge in [0.25, 0.3) is 5.91 Å². The number of carbonyl (C=O) groups is 1. The second kappa shape index (κ2) is 7.31. The van der Waals surface area contributed by atoms with E-state index >= 15 is 0 Å². The fourth-order valence-electron chi connectivity index (χ4n) is 2.56. The third-order valence-electron chi connectivity index (χ3n) is 3.93. The molecule has 0 spiro atoms. The van der Waals surface area contributed by atoms with Crippen LogP contribution in [0.1, 0.15) is 10.4 Å². The second-order valence-electron chi connectivity index (χ2n) is 5.45. The topological polar surface area (TPSA) is 50.8 Å². The molecule has 1 N–H and O–H groups in total. The monoisotopic (exact) mass is 330 g/mol. The molecule has 0 saturated carbocycles. The zero-order valence-electron chi connectivity index (χ0n) is 13.4. The molecule has 1 amide bonds. The number of nitrogens with one attached hydrogen (secondary N) is 1. The summed E-state index contributed by atoms with van der Waals surface area (Å²) in [6, 6.07) is 11.4. The smallest absolute Gasteiger partial charge is 0.255 e. The summed E-state index contributed by atoms with van der Waals surface area (Å²) in [4.78, 5) is 14.4. The van der Waals surface area contributed by atoms with Gasteiger partial charge in [0.1, 0.15) is 11.6 Å². The maximum atomic E-state index is 14.1. The molecule has 0 aromatic heterocycles. The fourth-order valence-corrected chi connectivity index (χ4v) is 2.56. The van der Waals surface area contributed by atoms with E-state index in [0.29, 0.717) is 24.5 Å². The summed E-state index contributed by atoms with van der Waals surface area (Å²) in [7, 11) is 1.56. The molecule has 1 saturated heterocycles. The van der Waals surface area contributed by atoms with Crippen molar-refractivity contribution < 1.29 is 18.7 Å². The molecule has 0 radical (unpaired) electrons. The first-order chi connectivity index (χ1) is 11.7. The summed E-state index contributed by atoms with van der Waals surface area (Å²) in [5.41, 5.74) is 1.47. The van der Waals surface area contributed by atoms with Gasteiger partial charge in [-0.2, -0.15) is 0 Å². The van der Waals surface area contributed by atoms with Gasteiger partial charge in [-0.1, -0.05) is 0 Å². The Kier molecular flexibility index (Phi) is 4.96. The molecule has 0 aliphatic carbocycles. The highest BCUT2D eigenvalue weighted by atomic mass is 19.1. The number of hydrogen-bond donors (Lipinski definition) is 1. The number of carbonyl (C=O) groups excluding carboxylic acids is 1. The van der Waals surface area contributed by atoms with Crippen molar-refractivity contribution in [3.63, 3.8) is 0 Å². The summed E-state index contributed by atoms with van der Waals surface area (Å²) >= 11 is 0. The van der Waals surface area contributed by atoms with Crippen molar-refractivity contribution >= 4 is 17.3 Å². The standard InChI is InChI=1S/C18H19FN2O3/c1-23-15-5-2-13(3-6-15)18(22)20-17-12-14(4-7-16(17)19)21-8-10-24-11-9-21/h2-7,12H,8-11H2,1H3,(H,20,22). The number of hydrogen-bond acceptors (Lipinski definition) is 4. The number of anilines is 2. The van der Waals surface area contributed by atoms with E-state index in [1.807, 2.05) is 0 Å². The van der Waals surface area contributed by atoms with Crippen molar-refractivity contribution in [2.45, 2.75) is 0 Å². The van der Waals surface area contributed by atoms with Crippen molar-refractivity contribution in [3.8, 4) is 5.75 Å². The quantitative estimate of drug-likeness (QED) is 0.936.